The van der Waals surface area contributed by atoms with Crippen molar-refractivity contribution in [3.63, 3.8) is 0 Å². The molecule has 0 fully saturated rings. The van der Waals surface area contributed by atoms with Crippen LogP contribution in [0.4, 0.5) is 0 Å². The number of allylic oxidation sites excluding steroid dienone is 2. The molecule has 1 atom stereocenters. The summed E-state index contributed by atoms with van der Waals surface area (Å²) in [5, 5.41) is 18.5. The maximum atomic E-state index is 10.5. The van der Waals surface area contributed by atoms with Gasteiger partial charge in [-0.25, -0.2) is 4.98 Å². The number of hydrogen-bond acceptors (Lipinski definition) is 3. The van der Waals surface area contributed by atoms with Crippen LogP contribution in [0.1, 0.15) is 69.7 Å². The van der Waals surface area contributed by atoms with Crippen LogP contribution in [0.3, 0.4) is 0 Å². The molecule has 0 bridgehead atoms. The van der Waals surface area contributed by atoms with Gasteiger partial charge in [0.15, 0.2) is 0 Å². The zero-order valence-corrected chi connectivity index (χ0v) is 15.5. The molecule has 4 nitrogen and oxygen atoms in total. The Hall–Kier alpha value is -2.38. The molecule has 26 heavy (non-hydrogen) atoms. The van der Waals surface area contributed by atoms with Crippen molar-refractivity contribution in [2.45, 2.75) is 64.4 Å². The van der Waals surface area contributed by atoms with E-state index in [9.17, 15) is 9.90 Å². The van der Waals surface area contributed by atoms with Gasteiger partial charge in [-0.05, 0) is 49.8 Å². The highest BCUT2D eigenvalue weighted by atomic mass is 16.4. The van der Waals surface area contributed by atoms with Gasteiger partial charge in [-0.3, -0.25) is 4.79 Å². The Kier molecular flexibility index (Phi) is 11.5. The highest BCUT2D eigenvalue weighted by Gasteiger charge is 1.97. The standard InChI is InChI=1S/C22H29NO3/c1-2-3-4-5-6-9-15-21(24)18-17-20-14-11-13-19(23-20)12-8-7-10-16-22(25)26/h6,8-9,11-14,21,24H,2-5,7,10,15-16H2,1H3,(H,25,26). The molecule has 1 aromatic rings. The topological polar surface area (TPSA) is 70.4 Å². The van der Waals surface area contributed by atoms with E-state index in [1.165, 1.54) is 19.3 Å². The summed E-state index contributed by atoms with van der Waals surface area (Å²) >= 11 is 0. The number of pyridine rings is 1. The first-order chi connectivity index (χ1) is 12.6. The van der Waals surface area contributed by atoms with E-state index >= 15 is 0 Å². The molecule has 0 aliphatic carbocycles. The fourth-order valence-electron chi connectivity index (χ4n) is 2.26. The van der Waals surface area contributed by atoms with Crippen molar-refractivity contribution < 1.29 is 15.0 Å². The molecule has 2 N–H and O–H groups in total. The van der Waals surface area contributed by atoms with Gasteiger partial charge >= 0.3 is 5.97 Å². The summed E-state index contributed by atoms with van der Waals surface area (Å²) in [5.74, 6) is 4.95. The lowest BCUT2D eigenvalue weighted by molar-refractivity contribution is -0.137. The molecule has 0 aliphatic heterocycles. The van der Waals surface area contributed by atoms with Crippen molar-refractivity contribution in [1.82, 2.24) is 4.98 Å². The number of carboxylic acids is 1. The van der Waals surface area contributed by atoms with Crippen molar-refractivity contribution in [1.29, 1.82) is 0 Å². The number of aliphatic hydroxyl groups is 1. The second-order valence-corrected chi connectivity index (χ2v) is 6.12. The van der Waals surface area contributed by atoms with Gasteiger partial charge < -0.3 is 10.2 Å². The summed E-state index contributed by atoms with van der Waals surface area (Å²) in [7, 11) is 0. The Morgan fingerprint density at radius 1 is 1.19 bits per heavy atom. The summed E-state index contributed by atoms with van der Waals surface area (Å²) in [6.07, 6.45) is 13.9. The fraction of sp³-hybridized carbons (Fsp3) is 0.455. The zero-order chi connectivity index (χ0) is 19.0. The number of unbranched alkanes of at least 4 members (excludes halogenated alkanes) is 4. The van der Waals surface area contributed by atoms with Crippen LogP contribution in [-0.4, -0.2) is 27.3 Å². The zero-order valence-electron chi connectivity index (χ0n) is 15.5. The Balaban J connectivity index is 2.44. The SMILES string of the molecule is CCCCCC=CCC(O)C#Cc1cccc(C=CCCCC(=O)O)n1. The summed E-state index contributed by atoms with van der Waals surface area (Å²) in [5.41, 5.74) is 1.39. The van der Waals surface area contributed by atoms with Crippen LogP contribution in [0.25, 0.3) is 6.08 Å². The van der Waals surface area contributed by atoms with Gasteiger partial charge in [0.25, 0.3) is 0 Å². The van der Waals surface area contributed by atoms with Crippen molar-refractivity contribution in [3.05, 3.63) is 47.8 Å². The minimum Gasteiger partial charge on any atom is -0.481 e. The molecule has 0 radical (unpaired) electrons. The smallest absolute Gasteiger partial charge is 0.303 e. The van der Waals surface area contributed by atoms with E-state index in [2.05, 4.69) is 29.8 Å². The molecule has 0 spiro atoms. The summed E-state index contributed by atoms with van der Waals surface area (Å²) in [4.78, 5) is 14.9. The van der Waals surface area contributed by atoms with Crippen LogP contribution in [0.2, 0.25) is 0 Å². The Morgan fingerprint density at radius 3 is 2.77 bits per heavy atom. The highest BCUT2D eigenvalue weighted by Crippen LogP contribution is 2.05. The maximum Gasteiger partial charge on any atom is 0.303 e. The average molecular weight is 355 g/mol. The minimum atomic E-state index is -0.775. The Labute approximate surface area is 156 Å². The number of rotatable bonds is 11. The predicted octanol–water partition coefficient (Wildman–Crippen LogP) is 4.59. The third-order valence-electron chi connectivity index (χ3n) is 3.69. The molecule has 1 rings (SSSR count). The molecule has 140 valence electrons. The van der Waals surface area contributed by atoms with Crippen molar-refractivity contribution in [3.8, 4) is 11.8 Å². The number of hydrogen-bond donors (Lipinski definition) is 2. The molecule has 0 saturated carbocycles. The van der Waals surface area contributed by atoms with Crippen molar-refractivity contribution in [2.24, 2.45) is 0 Å². The van der Waals surface area contributed by atoms with Gasteiger partial charge in [-0.1, -0.05) is 50.0 Å². The first-order valence-corrected chi connectivity index (χ1v) is 9.31. The van der Waals surface area contributed by atoms with E-state index in [0.29, 0.717) is 25.0 Å². The molecule has 1 aromatic heterocycles. The van der Waals surface area contributed by atoms with E-state index in [4.69, 9.17) is 5.11 Å². The van der Waals surface area contributed by atoms with Crippen molar-refractivity contribution in [2.75, 3.05) is 0 Å². The lowest BCUT2D eigenvalue weighted by Crippen LogP contribution is -2.00. The maximum absolute atomic E-state index is 10.5. The number of carbonyl (C=O) groups is 1. The van der Waals surface area contributed by atoms with Crippen LogP contribution in [0.15, 0.2) is 36.4 Å². The first-order valence-electron chi connectivity index (χ1n) is 9.31. The van der Waals surface area contributed by atoms with Gasteiger partial charge in [0.2, 0.25) is 0 Å². The lowest BCUT2D eigenvalue weighted by atomic mass is 10.1. The molecular formula is C22H29NO3. The van der Waals surface area contributed by atoms with E-state index in [1.807, 2.05) is 36.4 Å². The van der Waals surface area contributed by atoms with Gasteiger partial charge in [-0.2, -0.15) is 0 Å². The van der Waals surface area contributed by atoms with Gasteiger partial charge in [-0.15, -0.1) is 0 Å². The normalized spacial score (nSPS) is 12.2. The van der Waals surface area contributed by atoms with Gasteiger partial charge in [0.1, 0.15) is 11.8 Å². The second-order valence-electron chi connectivity index (χ2n) is 6.12. The molecule has 1 heterocycles. The summed E-state index contributed by atoms with van der Waals surface area (Å²) in [6.45, 7) is 2.18. The van der Waals surface area contributed by atoms with Crippen LogP contribution in [-0.2, 0) is 4.79 Å². The largest absolute Gasteiger partial charge is 0.481 e. The third-order valence-corrected chi connectivity index (χ3v) is 3.69. The molecule has 0 saturated heterocycles. The van der Waals surface area contributed by atoms with Crippen LogP contribution in [0, 0.1) is 11.8 Å². The summed E-state index contributed by atoms with van der Waals surface area (Å²) in [6, 6.07) is 5.55. The number of aliphatic hydroxyl groups excluding tert-OH is 1. The third kappa shape index (κ3) is 11.2. The number of aromatic nitrogens is 1. The Bertz CT molecular complexity index is 653. The molecule has 0 aromatic carbocycles. The van der Waals surface area contributed by atoms with E-state index in [1.54, 1.807) is 0 Å². The molecule has 0 amide bonds. The summed E-state index contributed by atoms with van der Waals surface area (Å²) < 4.78 is 0. The molecule has 1 unspecified atom stereocenters. The molecular weight excluding hydrogens is 326 g/mol. The van der Waals surface area contributed by atoms with Crippen molar-refractivity contribution >= 4 is 12.0 Å². The average Bonchev–Trinajstić information content (AvgIpc) is 2.63. The monoisotopic (exact) mass is 355 g/mol. The van der Waals surface area contributed by atoms with Gasteiger partial charge in [0, 0.05) is 12.8 Å². The van der Waals surface area contributed by atoms with E-state index in [-0.39, 0.29) is 6.42 Å². The first kappa shape index (κ1) is 21.7. The molecule has 0 aliphatic rings. The highest BCUT2D eigenvalue weighted by molar-refractivity contribution is 5.66. The van der Waals surface area contributed by atoms with Crippen LogP contribution < -0.4 is 0 Å². The van der Waals surface area contributed by atoms with E-state index < -0.39 is 12.1 Å². The predicted molar refractivity (Wildman–Crippen MR) is 106 cm³/mol. The van der Waals surface area contributed by atoms with Crippen LogP contribution >= 0.6 is 0 Å². The number of nitrogens with zero attached hydrogens (tertiary/aromatic N) is 1. The quantitative estimate of drug-likeness (QED) is 0.346. The molecule has 4 heteroatoms. The second kappa shape index (κ2) is 13.9. The van der Waals surface area contributed by atoms with Gasteiger partial charge in [0.05, 0.1) is 5.69 Å². The fourth-order valence-corrected chi connectivity index (χ4v) is 2.26. The van der Waals surface area contributed by atoms with Crippen LogP contribution in [0.5, 0.6) is 0 Å². The lowest BCUT2D eigenvalue weighted by Gasteiger charge is -1.98. The minimum absolute atomic E-state index is 0.175. The Morgan fingerprint density at radius 2 is 2.00 bits per heavy atom. The number of aliphatic carboxylic acids is 1. The van der Waals surface area contributed by atoms with E-state index in [0.717, 1.165) is 12.1 Å². The number of carboxylic acid groups (broad SMARTS) is 1.